The lowest BCUT2D eigenvalue weighted by molar-refractivity contribution is -0.150. The molecule has 1 N–H and O–H groups in total. The summed E-state index contributed by atoms with van der Waals surface area (Å²) in [7, 11) is 0. The van der Waals surface area contributed by atoms with Crippen molar-refractivity contribution >= 4 is 17.3 Å². The Balaban J connectivity index is 1.75. The number of nitrogens with zero attached hydrogens (tertiary/aromatic N) is 2. The van der Waals surface area contributed by atoms with Crippen molar-refractivity contribution in [2.24, 2.45) is 11.3 Å². The molecule has 0 amide bonds. The molecule has 2 aliphatic rings. The fourth-order valence-corrected chi connectivity index (χ4v) is 4.73. The number of likely N-dealkylation sites (tertiary alicyclic amines) is 2. The summed E-state index contributed by atoms with van der Waals surface area (Å²) in [4.78, 5) is 16.7. The SMILES string of the molecule is C=CCN1C[C@@H]2CN(Cc3ccsc3)CCC[C@]2(C(=O)O)C1. The average molecular weight is 320 g/mol. The lowest BCUT2D eigenvalue weighted by atomic mass is 9.75. The Bertz CT molecular complexity index is 531. The minimum absolute atomic E-state index is 0.214. The second-order valence-electron chi connectivity index (χ2n) is 6.61. The molecule has 2 aliphatic heterocycles. The lowest BCUT2D eigenvalue weighted by Gasteiger charge is -2.29. The molecule has 2 atom stereocenters. The van der Waals surface area contributed by atoms with E-state index >= 15 is 0 Å². The molecule has 0 spiro atoms. The normalized spacial score (nSPS) is 29.9. The first-order valence-corrected chi connectivity index (χ1v) is 8.88. The van der Waals surface area contributed by atoms with Crippen molar-refractivity contribution in [3.05, 3.63) is 35.0 Å². The minimum atomic E-state index is -0.610. The molecule has 1 aromatic rings. The zero-order valence-electron chi connectivity index (χ0n) is 12.9. The van der Waals surface area contributed by atoms with Gasteiger partial charge in [-0.25, -0.2) is 0 Å². The smallest absolute Gasteiger partial charge is 0.311 e. The van der Waals surface area contributed by atoms with Gasteiger partial charge in [0.2, 0.25) is 0 Å². The topological polar surface area (TPSA) is 43.8 Å². The summed E-state index contributed by atoms with van der Waals surface area (Å²) in [6, 6.07) is 2.17. The number of hydrogen-bond donors (Lipinski definition) is 1. The van der Waals surface area contributed by atoms with Gasteiger partial charge in [-0.05, 0) is 41.8 Å². The second-order valence-corrected chi connectivity index (χ2v) is 7.39. The largest absolute Gasteiger partial charge is 0.481 e. The Morgan fingerprint density at radius 1 is 1.50 bits per heavy atom. The van der Waals surface area contributed by atoms with Gasteiger partial charge in [0.25, 0.3) is 0 Å². The van der Waals surface area contributed by atoms with Crippen LogP contribution in [0.5, 0.6) is 0 Å². The number of carbonyl (C=O) groups is 1. The van der Waals surface area contributed by atoms with Crippen LogP contribution in [0.25, 0.3) is 0 Å². The summed E-state index contributed by atoms with van der Waals surface area (Å²) in [5, 5.41) is 14.2. The molecule has 0 saturated carbocycles. The maximum Gasteiger partial charge on any atom is 0.311 e. The molecule has 0 radical (unpaired) electrons. The molecule has 22 heavy (non-hydrogen) atoms. The van der Waals surface area contributed by atoms with E-state index in [4.69, 9.17) is 0 Å². The van der Waals surface area contributed by atoms with E-state index in [2.05, 4.69) is 33.2 Å². The van der Waals surface area contributed by atoms with Gasteiger partial charge in [-0.2, -0.15) is 11.3 Å². The molecule has 4 nitrogen and oxygen atoms in total. The highest BCUT2D eigenvalue weighted by molar-refractivity contribution is 7.07. The zero-order chi connectivity index (χ0) is 15.6. The van der Waals surface area contributed by atoms with Crippen molar-refractivity contribution in [2.75, 3.05) is 32.7 Å². The first kappa shape index (κ1) is 15.7. The molecule has 5 heteroatoms. The highest BCUT2D eigenvalue weighted by Gasteiger charge is 2.52. The number of fused-ring (bicyclic) bond motifs is 1. The standard InChI is InChI=1S/C17H24N2O2S/c1-2-6-19-11-15-10-18(9-14-4-8-22-12-14)7-3-5-17(15,13-19)16(20)21/h2,4,8,12,15H,1,3,5-7,9-11,13H2,(H,20,21)/t15-,17-/m0/s1. The molecule has 3 rings (SSSR count). The zero-order valence-corrected chi connectivity index (χ0v) is 13.7. The summed E-state index contributed by atoms with van der Waals surface area (Å²) < 4.78 is 0. The van der Waals surface area contributed by atoms with Gasteiger partial charge in [0.1, 0.15) is 0 Å². The Morgan fingerprint density at radius 2 is 2.32 bits per heavy atom. The Hall–Kier alpha value is -1.17. The first-order valence-electron chi connectivity index (χ1n) is 7.94. The van der Waals surface area contributed by atoms with Crippen molar-refractivity contribution in [1.82, 2.24) is 9.80 Å². The third kappa shape index (κ3) is 2.98. The summed E-state index contributed by atoms with van der Waals surface area (Å²) in [5.74, 6) is -0.396. The van der Waals surface area contributed by atoms with Gasteiger partial charge in [0, 0.05) is 38.6 Å². The molecule has 0 aromatic carbocycles. The fourth-order valence-electron chi connectivity index (χ4n) is 4.07. The van der Waals surface area contributed by atoms with Gasteiger partial charge in [-0.15, -0.1) is 6.58 Å². The van der Waals surface area contributed by atoms with Crippen molar-refractivity contribution in [1.29, 1.82) is 0 Å². The van der Waals surface area contributed by atoms with Crippen LogP contribution in [-0.4, -0.2) is 53.6 Å². The van der Waals surface area contributed by atoms with Crippen molar-refractivity contribution < 1.29 is 9.90 Å². The van der Waals surface area contributed by atoms with E-state index in [9.17, 15) is 9.90 Å². The van der Waals surface area contributed by atoms with E-state index in [-0.39, 0.29) is 5.92 Å². The van der Waals surface area contributed by atoms with E-state index in [1.165, 1.54) is 5.56 Å². The van der Waals surface area contributed by atoms with E-state index in [0.29, 0.717) is 6.54 Å². The van der Waals surface area contributed by atoms with Gasteiger partial charge < -0.3 is 5.11 Å². The monoisotopic (exact) mass is 320 g/mol. The number of hydrogen-bond acceptors (Lipinski definition) is 4. The molecular formula is C17H24N2O2S. The van der Waals surface area contributed by atoms with Crippen LogP contribution in [0.2, 0.25) is 0 Å². The Labute approximate surface area is 136 Å². The van der Waals surface area contributed by atoms with Crippen LogP contribution in [0.3, 0.4) is 0 Å². The van der Waals surface area contributed by atoms with Crippen LogP contribution in [0.4, 0.5) is 0 Å². The summed E-state index contributed by atoms with van der Waals surface area (Å²) in [6.07, 6.45) is 3.64. The number of carboxylic acid groups (broad SMARTS) is 1. The second kappa shape index (κ2) is 6.52. The van der Waals surface area contributed by atoms with Gasteiger partial charge in [0.05, 0.1) is 5.41 Å². The quantitative estimate of drug-likeness (QED) is 0.847. The molecule has 0 aliphatic carbocycles. The van der Waals surface area contributed by atoms with Crippen LogP contribution < -0.4 is 0 Å². The average Bonchev–Trinajstić information content (AvgIpc) is 3.05. The van der Waals surface area contributed by atoms with Gasteiger partial charge >= 0.3 is 5.97 Å². The molecule has 2 fully saturated rings. The molecule has 0 unspecified atom stereocenters. The molecular weight excluding hydrogens is 296 g/mol. The summed E-state index contributed by atoms with van der Waals surface area (Å²) in [6.45, 7) is 8.96. The van der Waals surface area contributed by atoms with Crippen LogP contribution in [0, 0.1) is 11.3 Å². The first-order chi connectivity index (χ1) is 10.6. The predicted molar refractivity (Wildman–Crippen MR) is 89.0 cm³/mol. The van der Waals surface area contributed by atoms with E-state index in [0.717, 1.165) is 45.6 Å². The Morgan fingerprint density at radius 3 is 3.00 bits per heavy atom. The van der Waals surface area contributed by atoms with Crippen molar-refractivity contribution in [2.45, 2.75) is 19.4 Å². The van der Waals surface area contributed by atoms with Crippen LogP contribution >= 0.6 is 11.3 Å². The van der Waals surface area contributed by atoms with Crippen LogP contribution in [0.1, 0.15) is 18.4 Å². The highest BCUT2D eigenvalue weighted by atomic mass is 32.1. The number of rotatable bonds is 5. The molecule has 3 heterocycles. The summed E-state index contributed by atoms with van der Waals surface area (Å²) in [5.41, 5.74) is 0.778. The molecule has 2 saturated heterocycles. The fraction of sp³-hybridized carbons (Fsp3) is 0.588. The third-order valence-electron chi connectivity index (χ3n) is 5.14. The predicted octanol–water partition coefficient (Wildman–Crippen LogP) is 2.53. The minimum Gasteiger partial charge on any atom is -0.481 e. The van der Waals surface area contributed by atoms with Gasteiger partial charge in [-0.1, -0.05) is 6.08 Å². The lowest BCUT2D eigenvalue weighted by Crippen LogP contribution is -2.41. The van der Waals surface area contributed by atoms with E-state index in [1.54, 1.807) is 11.3 Å². The maximum atomic E-state index is 12.0. The maximum absolute atomic E-state index is 12.0. The van der Waals surface area contributed by atoms with Gasteiger partial charge in [-0.3, -0.25) is 14.6 Å². The molecule has 0 bridgehead atoms. The third-order valence-corrected chi connectivity index (χ3v) is 5.87. The van der Waals surface area contributed by atoms with Crippen molar-refractivity contribution in [3.8, 4) is 0 Å². The number of carboxylic acids is 1. The van der Waals surface area contributed by atoms with E-state index in [1.807, 2.05) is 6.08 Å². The molecule has 1 aromatic heterocycles. The van der Waals surface area contributed by atoms with Crippen molar-refractivity contribution in [3.63, 3.8) is 0 Å². The van der Waals surface area contributed by atoms with Crippen LogP contribution in [0.15, 0.2) is 29.5 Å². The van der Waals surface area contributed by atoms with E-state index < -0.39 is 11.4 Å². The Kier molecular flexibility index (Phi) is 4.66. The highest BCUT2D eigenvalue weighted by Crippen LogP contribution is 2.43. The van der Waals surface area contributed by atoms with Gasteiger partial charge in [0.15, 0.2) is 0 Å². The molecule has 120 valence electrons. The van der Waals surface area contributed by atoms with Crippen LogP contribution in [-0.2, 0) is 11.3 Å². The number of aliphatic carboxylic acids is 1. The summed E-state index contributed by atoms with van der Waals surface area (Å²) >= 11 is 1.72. The number of thiophene rings is 1.